The zero-order chi connectivity index (χ0) is 16.0. The second kappa shape index (κ2) is 5.49. The van der Waals surface area contributed by atoms with Gasteiger partial charge in [0.05, 0.1) is 23.1 Å². The zero-order valence-corrected chi connectivity index (χ0v) is 14.7. The molecular formula is C16H22BN2O2P. The first-order chi connectivity index (χ1) is 10.3. The van der Waals surface area contributed by atoms with Gasteiger partial charge >= 0.3 is 7.12 Å². The molecule has 1 fully saturated rings. The van der Waals surface area contributed by atoms with Crippen molar-refractivity contribution in [2.75, 3.05) is 6.66 Å². The molecule has 1 unspecified atom stereocenters. The lowest BCUT2D eigenvalue weighted by molar-refractivity contribution is 0.00578. The first-order valence-corrected chi connectivity index (χ1v) is 9.01. The van der Waals surface area contributed by atoms with Gasteiger partial charge in [0, 0.05) is 0 Å². The molecule has 1 aromatic carbocycles. The Morgan fingerprint density at radius 1 is 1.05 bits per heavy atom. The van der Waals surface area contributed by atoms with E-state index in [0.29, 0.717) is 8.58 Å². The fourth-order valence-corrected chi connectivity index (χ4v) is 2.85. The molecule has 1 aromatic heterocycles. The highest BCUT2D eigenvalue weighted by Crippen LogP contribution is 2.36. The second-order valence-electron chi connectivity index (χ2n) is 6.61. The highest BCUT2D eigenvalue weighted by atomic mass is 31.1. The first kappa shape index (κ1) is 15.7. The smallest absolute Gasteiger partial charge is 0.399 e. The molecule has 0 bridgehead atoms. The van der Waals surface area contributed by atoms with E-state index in [1.54, 1.807) is 0 Å². The van der Waals surface area contributed by atoms with E-state index < -0.39 is 0 Å². The van der Waals surface area contributed by atoms with Gasteiger partial charge in [0.15, 0.2) is 0 Å². The maximum absolute atomic E-state index is 6.08. The molecular weight excluding hydrogens is 294 g/mol. The van der Waals surface area contributed by atoms with Crippen molar-refractivity contribution in [1.29, 1.82) is 0 Å². The first-order valence-electron chi connectivity index (χ1n) is 7.51. The minimum absolute atomic E-state index is 0.309. The number of aromatic nitrogens is 2. The third kappa shape index (κ3) is 2.73. The molecule has 0 aliphatic carbocycles. The van der Waals surface area contributed by atoms with E-state index in [1.165, 1.54) is 0 Å². The van der Waals surface area contributed by atoms with Gasteiger partial charge in [-0.25, -0.2) is 4.98 Å². The van der Waals surface area contributed by atoms with Crippen LogP contribution < -0.4 is 11.0 Å². The largest absolute Gasteiger partial charge is 0.494 e. The molecule has 1 saturated heterocycles. The third-order valence-electron chi connectivity index (χ3n) is 4.56. The Morgan fingerprint density at radius 2 is 1.64 bits per heavy atom. The average molecular weight is 316 g/mol. The van der Waals surface area contributed by atoms with E-state index in [0.717, 1.165) is 22.3 Å². The van der Waals surface area contributed by atoms with Crippen LogP contribution in [0.3, 0.4) is 0 Å². The SMILES string of the molecule is CPc1ncc(-c2ccc(B3OC(C)(C)C(C)(C)O3)cc2)[nH]1. The average Bonchev–Trinajstić information content (AvgIpc) is 3.02. The quantitative estimate of drug-likeness (QED) is 0.698. The summed E-state index contributed by atoms with van der Waals surface area (Å²) >= 11 is 0. The summed E-state index contributed by atoms with van der Waals surface area (Å²) in [6.07, 6.45) is 1.88. The van der Waals surface area contributed by atoms with Crippen LogP contribution in [0, 0.1) is 0 Å². The molecule has 6 heteroatoms. The van der Waals surface area contributed by atoms with Crippen molar-refractivity contribution in [2.24, 2.45) is 0 Å². The normalized spacial score (nSPS) is 20.1. The van der Waals surface area contributed by atoms with Crippen LogP contribution in [0.5, 0.6) is 0 Å². The van der Waals surface area contributed by atoms with Crippen LogP contribution in [0.25, 0.3) is 11.3 Å². The molecule has 4 nitrogen and oxygen atoms in total. The van der Waals surface area contributed by atoms with Gasteiger partial charge in [-0.15, -0.1) is 0 Å². The van der Waals surface area contributed by atoms with E-state index >= 15 is 0 Å². The van der Waals surface area contributed by atoms with E-state index in [2.05, 4.69) is 68.6 Å². The Morgan fingerprint density at radius 3 is 2.14 bits per heavy atom. The van der Waals surface area contributed by atoms with E-state index in [-0.39, 0.29) is 18.3 Å². The summed E-state index contributed by atoms with van der Waals surface area (Å²) < 4.78 is 12.2. The number of imidazole rings is 1. The Bertz CT molecular complexity index is 651. The molecule has 1 atom stereocenters. The summed E-state index contributed by atoms with van der Waals surface area (Å²) in [6, 6.07) is 8.28. The third-order valence-corrected chi connectivity index (χ3v) is 5.29. The zero-order valence-electron chi connectivity index (χ0n) is 13.7. The molecule has 1 aliphatic heterocycles. The molecule has 0 saturated carbocycles. The van der Waals surface area contributed by atoms with Gasteiger partial charge in [0.1, 0.15) is 5.57 Å². The van der Waals surface area contributed by atoms with Gasteiger partial charge < -0.3 is 14.3 Å². The number of hydrogen-bond donors (Lipinski definition) is 1. The van der Waals surface area contributed by atoms with Gasteiger partial charge in [-0.2, -0.15) is 0 Å². The van der Waals surface area contributed by atoms with Crippen LogP contribution in [-0.4, -0.2) is 35.0 Å². The Hall–Kier alpha value is -1.16. The van der Waals surface area contributed by atoms with Crippen molar-refractivity contribution < 1.29 is 9.31 Å². The topological polar surface area (TPSA) is 47.1 Å². The summed E-state index contributed by atoms with van der Waals surface area (Å²) in [5, 5.41) is 0. The predicted molar refractivity (Wildman–Crippen MR) is 93.6 cm³/mol. The monoisotopic (exact) mass is 316 g/mol. The number of hydrogen-bond acceptors (Lipinski definition) is 3. The molecule has 0 radical (unpaired) electrons. The minimum Gasteiger partial charge on any atom is -0.399 e. The fraction of sp³-hybridized carbons (Fsp3) is 0.438. The van der Waals surface area contributed by atoms with Crippen molar-refractivity contribution in [3.63, 3.8) is 0 Å². The van der Waals surface area contributed by atoms with Gasteiger partial charge in [0.25, 0.3) is 0 Å². The molecule has 2 aromatic rings. The highest BCUT2D eigenvalue weighted by Gasteiger charge is 2.51. The number of rotatable bonds is 3. The summed E-state index contributed by atoms with van der Waals surface area (Å²) in [5.74, 6) is 0. The van der Waals surface area contributed by atoms with Gasteiger partial charge in [0.2, 0.25) is 0 Å². The van der Waals surface area contributed by atoms with E-state index in [1.807, 2.05) is 6.20 Å². The van der Waals surface area contributed by atoms with Crippen LogP contribution in [0.4, 0.5) is 0 Å². The molecule has 2 heterocycles. The van der Waals surface area contributed by atoms with Crippen LogP contribution >= 0.6 is 8.58 Å². The van der Waals surface area contributed by atoms with Crippen molar-refractivity contribution >= 4 is 26.7 Å². The second-order valence-corrected chi connectivity index (χ2v) is 7.58. The molecule has 1 N–H and O–H groups in total. The highest BCUT2D eigenvalue weighted by molar-refractivity contribution is 7.45. The Kier molecular flexibility index (Phi) is 3.92. The van der Waals surface area contributed by atoms with E-state index in [4.69, 9.17) is 9.31 Å². The number of nitrogens with one attached hydrogen (secondary N) is 1. The lowest BCUT2D eigenvalue weighted by Gasteiger charge is -2.32. The van der Waals surface area contributed by atoms with Gasteiger partial charge in [-0.1, -0.05) is 32.8 Å². The standard InChI is InChI=1S/C16H22BN2O2P/c1-15(2)16(3,4)21-17(20-15)12-8-6-11(7-9-12)13-10-18-14(19-13)22-5/h6-10,22H,1-5H3,(H,18,19). The molecule has 1 aliphatic rings. The van der Waals surface area contributed by atoms with Crippen LogP contribution in [-0.2, 0) is 9.31 Å². The summed E-state index contributed by atoms with van der Waals surface area (Å²) in [6.45, 7) is 10.4. The van der Waals surface area contributed by atoms with Gasteiger partial charge in [-0.3, -0.25) is 0 Å². The van der Waals surface area contributed by atoms with Crippen LogP contribution in [0.15, 0.2) is 30.5 Å². The number of H-pyrrole nitrogens is 1. The molecule has 0 amide bonds. The molecule has 0 spiro atoms. The molecule has 22 heavy (non-hydrogen) atoms. The Labute approximate surface area is 134 Å². The lowest BCUT2D eigenvalue weighted by atomic mass is 9.79. The number of benzene rings is 1. The number of aromatic amines is 1. The Balaban J connectivity index is 1.81. The molecule has 116 valence electrons. The van der Waals surface area contributed by atoms with E-state index in [9.17, 15) is 0 Å². The maximum Gasteiger partial charge on any atom is 0.494 e. The summed E-state index contributed by atoms with van der Waals surface area (Å²) in [7, 11) is 0.367. The van der Waals surface area contributed by atoms with Gasteiger partial charge in [-0.05, 0) is 45.4 Å². The van der Waals surface area contributed by atoms with Crippen LogP contribution in [0.1, 0.15) is 27.7 Å². The summed E-state index contributed by atoms with van der Waals surface area (Å²) in [5.41, 5.74) is 3.62. The molecule has 3 rings (SSSR count). The predicted octanol–water partition coefficient (Wildman–Crippen LogP) is 2.31. The van der Waals surface area contributed by atoms with Crippen molar-refractivity contribution in [2.45, 2.75) is 38.9 Å². The van der Waals surface area contributed by atoms with Crippen molar-refractivity contribution in [3.05, 3.63) is 30.5 Å². The lowest BCUT2D eigenvalue weighted by Crippen LogP contribution is -2.41. The fourth-order valence-electron chi connectivity index (χ4n) is 2.39. The maximum atomic E-state index is 6.08. The minimum atomic E-state index is -0.312. The number of nitrogens with zero attached hydrogens (tertiary/aromatic N) is 1. The summed E-state index contributed by atoms with van der Waals surface area (Å²) in [4.78, 5) is 7.69. The van der Waals surface area contributed by atoms with Crippen molar-refractivity contribution in [1.82, 2.24) is 9.97 Å². The van der Waals surface area contributed by atoms with Crippen molar-refractivity contribution in [3.8, 4) is 11.3 Å². The van der Waals surface area contributed by atoms with Crippen LogP contribution in [0.2, 0.25) is 0 Å².